The minimum Gasteiger partial charge on any atom is -0.495 e. The van der Waals surface area contributed by atoms with E-state index in [1.54, 1.807) is 32.2 Å². The molecule has 116 valence electrons. The highest BCUT2D eigenvalue weighted by Gasteiger charge is 2.09. The number of aryl methyl sites for hydroxylation is 2. The summed E-state index contributed by atoms with van der Waals surface area (Å²) in [5.74, 6) is 0.342. The van der Waals surface area contributed by atoms with E-state index in [-0.39, 0.29) is 5.82 Å². The highest BCUT2D eigenvalue weighted by molar-refractivity contribution is 7.80. The molecule has 2 aromatic rings. The number of thiocarbonyl (C=S) groups is 1. The molecule has 0 radical (unpaired) electrons. The van der Waals surface area contributed by atoms with Crippen molar-refractivity contribution in [1.82, 2.24) is 0 Å². The summed E-state index contributed by atoms with van der Waals surface area (Å²) < 4.78 is 18.5. The van der Waals surface area contributed by atoms with Crippen molar-refractivity contribution >= 4 is 40.3 Å². The van der Waals surface area contributed by atoms with Crippen LogP contribution in [0.2, 0.25) is 5.02 Å². The summed E-state index contributed by atoms with van der Waals surface area (Å²) in [5.41, 5.74) is 2.87. The molecule has 2 N–H and O–H groups in total. The quantitative estimate of drug-likeness (QED) is 0.779. The molecular formula is C16H16ClFN2OS. The van der Waals surface area contributed by atoms with Crippen molar-refractivity contribution in [2.45, 2.75) is 13.8 Å². The fourth-order valence-corrected chi connectivity index (χ4v) is 2.32. The van der Waals surface area contributed by atoms with Gasteiger partial charge >= 0.3 is 0 Å². The van der Waals surface area contributed by atoms with Crippen LogP contribution < -0.4 is 15.4 Å². The molecule has 0 saturated carbocycles. The molecule has 0 fully saturated rings. The van der Waals surface area contributed by atoms with Gasteiger partial charge in [-0.05, 0) is 61.5 Å². The lowest BCUT2D eigenvalue weighted by atomic mass is 10.2. The standard InChI is InChI=1S/C16H16ClFN2OS/c1-9-7-14(15(21-3)8-12(9)17)20-16(22)19-11-4-5-13(18)10(2)6-11/h4-8H,1-3H3,(H2,19,20,22). The average molecular weight is 339 g/mol. The van der Waals surface area contributed by atoms with Gasteiger partial charge in [-0.3, -0.25) is 0 Å². The van der Waals surface area contributed by atoms with Crippen LogP contribution in [-0.4, -0.2) is 12.2 Å². The fraction of sp³-hybridized carbons (Fsp3) is 0.188. The van der Waals surface area contributed by atoms with Gasteiger partial charge in [0.25, 0.3) is 0 Å². The molecule has 0 bridgehead atoms. The molecule has 0 heterocycles. The molecular weight excluding hydrogens is 323 g/mol. The normalized spacial score (nSPS) is 10.2. The maximum atomic E-state index is 13.3. The molecule has 0 atom stereocenters. The topological polar surface area (TPSA) is 33.3 Å². The number of hydrogen-bond acceptors (Lipinski definition) is 2. The molecule has 22 heavy (non-hydrogen) atoms. The number of rotatable bonds is 3. The zero-order chi connectivity index (χ0) is 16.3. The van der Waals surface area contributed by atoms with E-state index in [4.69, 9.17) is 28.6 Å². The number of benzene rings is 2. The van der Waals surface area contributed by atoms with Gasteiger partial charge in [0.05, 0.1) is 12.8 Å². The van der Waals surface area contributed by atoms with E-state index in [0.717, 1.165) is 5.56 Å². The Morgan fingerprint density at radius 2 is 1.86 bits per heavy atom. The van der Waals surface area contributed by atoms with Crippen LogP contribution in [0.5, 0.6) is 5.75 Å². The largest absolute Gasteiger partial charge is 0.495 e. The Morgan fingerprint density at radius 3 is 2.50 bits per heavy atom. The first-order chi connectivity index (χ1) is 10.4. The minimum atomic E-state index is -0.251. The Morgan fingerprint density at radius 1 is 1.14 bits per heavy atom. The van der Waals surface area contributed by atoms with Crippen LogP contribution in [0, 0.1) is 19.7 Å². The summed E-state index contributed by atoms with van der Waals surface area (Å²) in [5, 5.41) is 7.07. The van der Waals surface area contributed by atoms with Crippen LogP contribution in [0.3, 0.4) is 0 Å². The average Bonchev–Trinajstić information content (AvgIpc) is 2.46. The van der Waals surface area contributed by atoms with Crippen LogP contribution in [-0.2, 0) is 0 Å². The summed E-state index contributed by atoms with van der Waals surface area (Å²) >= 11 is 11.3. The molecule has 0 saturated heterocycles. The molecule has 2 rings (SSSR count). The lowest BCUT2D eigenvalue weighted by Crippen LogP contribution is -2.19. The molecule has 0 aliphatic rings. The summed E-state index contributed by atoms with van der Waals surface area (Å²) in [7, 11) is 1.56. The predicted molar refractivity (Wildman–Crippen MR) is 93.7 cm³/mol. The van der Waals surface area contributed by atoms with Crippen molar-refractivity contribution in [3.63, 3.8) is 0 Å². The van der Waals surface area contributed by atoms with Crippen molar-refractivity contribution in [2.24, 2.45) is 0 Å². The maximum absolute atomic E-state index is 13.3. The van der Waals surface area contributed by atoms with Crippen molar-refractivity contribution in [1.29, 1.82) is 0 Å². The number of hydrogen-bond donors (Lipinski definition) is 2. The summed E-state index contributed by atoms with van der Waals surface area (Å²) in [6, 6.07) is 8.29. The first-order valence-corrected chi connectivity index (χ1v) is 7.37. The SMILES string of the molecule is COc1cc(Cl)c(C)cc1NC(=S)Nc1ccc(F)c(C)c1. The Kier molecular flexibility index (Phi) is 5.21. The maximum Gasteiger partial charge on any atom is 0.175 e. The first-order valence-electron chi connectivity index (χ1n) is 6.59. The number of methoxy groups -OCH3 is 1. The first kappa shape index (κ1) is 16.5. The number of ether oxygens (including phenoxy) is 1. The van der Waals surface area contributed by atoms with Crippen molar-refractivity contribution in [3.05, 3.63) is 52.3 Å². The van der Waals surface area contributed by atoms with Gasteiger partial charge in [-0.1, -0.05) is 11.6 Å². The highest BCUT2D eigenvalue weighted by Crippen LogP contribution is 2.31. The van der Waals surface area contributed by atoms with Crippen LogP contribution >= 0.6 is 23.8 Å². The second-order valence-electron chi connectivity index (χ2n) is 4.84. The Labute approximate surface area is 139 Å². The van der Waals surface area contributed by atoms with Gasteiger partial charge < -0.3 is 15.4 Å². The van der Waals surface area contributed by atoms with E-state index >= 15 is 0 Å². The van der Waals surface area contributed by atoms with Gasteiger partial charge in [0, 0.05) is 16.8 Å². The van der Waals surface area contributed by atoms with Crippen LogP contribution in [0.15, 0.2) is 30.3 Å². The smallest absolute Gasteiger partial charge is 0.175 e. The van der Waals surface area contributed by atoms with E-state index < -0.39 is 0 Å². The van der Waals surface area contributed by atoms with Gasteiger partial charge in [-0.15, -0.1) is 0 Å². The van der Waals surface area contributed by atoms with Crippen molar-refractivity contribution in [2.75, 3.05) is 17.7 Å². The zero-order valence-corrected chi connectivity index (χ0v) is 14.0. The Hall–Kier alpha value is -1.85. The van der Waals surface area contributed by atoms with Crippen LogP contribution in [0.25, 0.3) is 0 Å². The molecule has 0 amide bonds. The highest BCUT2D eigenvalue weighted by atomic mass is 35.5. The zero-order valence-electron chi connectivity index (χ0n) is 12.5. The number of anilines is 2. The Balaban J connectivity index is 2.15. The number of nitrogens with one attached hydrogen (secondary N) is 2. The van der Waals surface area contributed by atoms with E-state index in [0.29, 0.717) is 32.8 Å². The van der Waals surface area contributed by atoms with Gasteiger partial charge in [-0.25, -0.2) is 4.39 Å². The third kappa shape index (κ3) is 3.87. The molecule has 0 aliphatic carbocycles. The van der Waals surface area contributed by atoms with Gasteiger partial charge in [0.15, 0.2) is 5.11 Å². The van der Waals surface area contributed by atoms with E-state index in [2.05, 4.69) is 10.6 Å². The van der Waals surface area contributed by atoms with Crippen LogP contribution in [0.1, 0.15) is 11.1 Å². The summed E-state index contributed by atoms with van der Waals surface area (Å²) in [4.78, 5) is 0. The third-order valence-corrected chi connectivity index (χ3v) is 3.76. The van der Waals surface area contributed by atoms with Gasteiger partial charge in [0.1, 0.15) is 11.6 Å². The molecule has 3 nitrogen and oxygen atoms in total. The van der Waals surface area contributed by atoms with Gasteiger partial charge in [-0.2, -0.15) is 0 Å². The third-order valence-electron chi connectivity index (χ3n) is 3.14. The Bertz CT molecular complexity index is 722. The molecule has 0 unspecified atom stereocenters. The van der Waals surface area contributed by atoms with Crippen LogP contribution in [0.4, 0.5) is 15.8 Å². The van der Waals surface area contributed by atoms with Crippen molar-refractivity contribution < 1.29 is 9.13 Å². The second-order valence-corrected chi connectivity index (χ2v) is 5.66. The van der Waals surface area contributed by atoms with Gasteiger partial charge in [0.2, 0.25) is 0 Å². The lowest BCUT2D eigenvalue weighted by Gasteiger charge is -2.15. The minimum absolute atomic E-state index is 0.251. The lowest BCUT2D eigenvalue weighted by molar-refractivity contribution is 0.417. The fourth-order valence-electron chi connectivity index (χ4n) is 1.94. The number of halogens is 2. The summed E-state index contributed by atoms with van der Waals surface area (Å²) in [6.07, 6.45) is 0. The molecule has 0 aromatic heterocycles. The van der Waals surface area contributed by atoms with E-state index in [9.17, 15) is 4.39 Å². The van der Waals surface area contributed by atoms with E-state index in [1.165, 1.54) is 6.07 Å². The molecule has 0 spiro atoms. The van der Waals surface area contributed by atoms with E-state index in [1.807, 2.05) is 13.0 Å². The predicted octanol–water partition coefficient (Wildman–Crippen LogP) is 4.91. The molecule has 6 heteroatoms. The monoisotopic (exact) mass is 338 g/mol. The summed E-state index contributed by atoms with van der Waals surface area (Å²) in [6.45, 7) is 3.59. The molecule has 2 aromatic carbocycles. The van der Waals surface area contributed by atoms with Crippen molar-refractivity contribution in [3.8, 4) is 5.75 Å². The second kappa shape index (κ2) is 6.94. The molecule has 0 aliphatic heterocycles.